The molecule has 8 heteroatoms. The monoisotopic (exact) mass is 263 g/mol. The van der Waals surface area contributed by atoms with Gasteiger partial charge in [-0.1, -0.05) is 0 Å². The molecule has 0 atom stereocenters. The molecule has 2 rings (SSSR count). The number of rotatable bonds is 4. The summed E-state index contributed by atoms with van der Waals surface area (Å²) in [6.45, 7) is 3.68. The van der Waals surface area contributed by atoms with Crippen molar-refractivity contribution in [1.29, 1.82) is 0 Å². The van der Waals surface area contributed by atoms with E-state index in [1.165, 1.54) is 18.5 Å². The lowest BCUT2D eigenvalue weighted by Crippen LogP contribution is -2.18. The van der Waals surface area contributed by atoms with E-state index in [2.05, 4.69) is 15.3 Å². The standard InChI is InChI=1S/C11H13N5O3/c1-7(2)15-6-8(16(18)19)5-9(15)10(17)14-11-12-3-4-13-11/h3-7H,1-2H3,(H2,12,13,14,17). The van der Waals surface area contributed by atoms with Gasteiger partial charge >= 0.3 is 0 Å². The molecule has 2 N–H and O–H groups in total. The molecule has 0 unspecified atom stereocenters. The first kappa shape index (κ1) is 12.8. The molecule has 0 saturated heterocycles. The highest BCUT2D eigenvalue weighted by molar-refractivity contribution is 6.02. The molecule has 0 aliphatic carbocycles. The highest BCUT2D eigenvalue weighted by Gasteiger charge is 2.21. The van der Waals surface area contributed by atoms with Gasteiger partial charge in [0.15, 0.2) is 0 Å². The zero-order valence-electron chi connectivity index (χ0n) is 10.5. The van der Waals surface area contributed by atoms with Crippen molar-refractivity contribution in [3.63, 3.8) is 0 Å². The van der Waals surface area contributed by atoms with Crippen molar-refractivity contribution < 1.29 is 9.72 Å². The molecule has 1 amide bonds. The summed E-state index contributed by atoms with van der Waals surface area (Å²) in [5, 5.41) is 13.3. The van der Waals surface area contributed by atoms with E-state index in [4.69, 9.17) is 0 Å². The van der Waals surface area contributed by atoms with E-state index < -0.39 is 10.8 Å². The van der Waals surface area contributed by atoms with E-state index in [0.717, 1.165) is 0 Å². The number of nitro groups is 1. The zero-order valence-corrected chi connectivity index (χ0v) is 10.5. The minimum absolute atomic E-state index is 0.0638. The lowest BCUT2D eigenvalue weighted by Gasteiger charge is -2.11. The summed E-state index contributed by atoms with van der Waals surface area (Å²) in [6, 6.07) is 1.18. The molecule has 0 fully saturated rings. The second-order valence-corrected chi connectivity index (χ2v) is 4.23. The number of aromatic amines is 1. The number of carbonyl (C=O) groups excluding carboxylic acids is 1. The summed E-state index contributed by atoms with van der Waals surface area (Å²) in [5.41, 5.74) is 0.108. The van der Waals surface area contributed by atoms with Crippen LogP contribution in [0.2, 0.25) is 0 Å². The second-order valence-electron chi connectivity index (χ2n) is 4.23. The van der Waals surface area contributed by atoms with Gasteiger partial charge in [0.1, 0.15) is 5.69 Å². The van der Waals surface area contributed by atoms with Crippen molar-refractivity contribution in [3.05, 3.63) is 40.5 Å². The summed E-state index contributed by atoms with van der Waals surface area (Å²) in [6.07, 6.45) is 4.42. The average Bonchev–Trinajstić information content (AvgIpc) is 2.96. The van der Waals surface area contributed by atoms with Crippen LogP contribution in [0.15, 0.2) is 24.7 Å². The maximum atomic E-state index is 12.1. The van der Waals surface area contributed by atoms with Crippen LogP contribution in [-0.2, 0) is 0 Å². The molecular weight excluding hydrogens is 250 g/mol. The normalized spacial score (nSPS) is 10.7. The van der Waals surface area contributed by atoms with Crippen LogP contribution in [-0.4, -0.2) is 25.4 Å². The number of H-pyrrole nitrogens is 1. The maximum Gasteiger partial charge on any atom is 0.287 e. The molecule has 2 heterocycles. The van der Waals surface area contributed by atoms with Crippen molar-refractivity contribution >= 4 is 17.5 Å². The highest BCUT2D eigenvalue weighted by Crippen LogP contribution is 2.21. The number of carbonyl (C=O) groups is 1. The third-order valence-corrected chi connectivity index (χ3v) is 2.56. The van der Waals surface area contributed by atoms with Gasteiger partial charge in [-0.3, -0.25) is 20.2 Å². The lowest BCUT2D eigenvalue weighted by molar-refractivity contribution is -0.384. The molecule has 0 aromatic carbocycles. The third-order valence-electron chi connectivity index (χ3n) is 2.56. The first-order valence-corrected chi connectivity index (χ1v) is 5.66. The van der Waals surface area contributed by atoms with Crippen molar-refractivity contribution in [2.45, 2.75) is 19.9 Å². The Hall–Kier alpha value is -2.64. The van der Waals surface area contributed by atoms with E-state index in [-0.39, 0.29) is 17.4 Å². The van der Waals surface area contributed by atoms with Gasteiger partial charge in [-0.15, -0.1) is 0 Å². The first-order valence-electron chi connectivity index (χ1n) is 5.66. The van der Waals surface area contributed by atoms with Gasteiger partial charge in [-0.2, -0.15) is 0 Å². The SMILES string of the molecule is CC(C)n1cc([N+](=O)[O-])cc1C(=O)Nc1ncc[nH]1. The van der Waals surface area contributed by atoms with Gasteiger partial charge in [0.25, 0.3) is 11.6 Å². The van der Waals surface area contributed by atoms with Crippen molar-refractivity contribution in [3.8, 4) is 0 Å². The Kier molecular flexibility index (Phi) is 3.32. The number of nitrogens with zero attached hydrogens (tertiary/aromatic N) is 3. The van der Waals surface area contributed by atoms with Crippen LogP contribution in [0.3, 0.4) is 0 Å². The first-order chi connectivity index (χ1) is 8.99. The maximum absolute atomic E-state index is 12.1. The summed E-state index contributed by atoms with van der Waals surface area (Å²) < 4.78 is 1.55. The fraction of sp³-hybridized carbons (Fsp3) is 0.273. The number of hydrogen-bond acceptors (Lipinski definition) is 4. The Balaban J connectivity index is 2.32. The molecule has 8 nitrogen and oxygen atoms in total. The average molecular weight is 263 g/mol. The lowest BCUT2D eigenvalue weighted by atomic mass is 10.3. The van der Waals surface area contributed by atoms with Crippen LogP contribution in [0.4, 0.5) is 11.6 Å². The number of nitrogens with one attached hydrogen (secondary N) is 2. The Bertz CT molecular complexity index is 600. The van der Waals surface area contributed by atoms with Gasteiger partial charge in [-0.05, 0) is 13.8 Å². The topological polar surface area (TPSA) is 106 Å². The van der Waals surface area contributed by atoms with Crippen molar-refractivity contribution in [2.24, 2.45) is 0 Å². The summed E-state index contributed by atoms with van der Waals surface area (Å²) in [4.78, 5) is 28.9. The van der Waals surface area contributed by atoms with E-state index in [0.29, 0.717) is 5.95 Å². The van der Waals surface area contributed by atoms with Gasteiger partial charge in [0.05, 0.1) is 11.1 Å². The molecule has 2 aromatic rings. The van der Waals surface area contributed by atoms with Gasteiger partial charge in [0.2, 0.25) is 5.95 Å². The molecule has 0 aliphatic rings. The molecule has 100 valence electrons. The van der Waals surface area contributed by atoms with E-state index in [1.54, 1.807) is 10.8 Å². The van der Waals surface area contributed by atoms with Crippen LogP contribution in [0.25, 0.3) is 0 Å². The zero-order chi connectivity index (χ0) is 14.0. The Labute approximate surface area is 108 Å². The number of imidazole rings is 1. The van der Waals surface area contributed by atoms with Gasteiger partial charge in [-0.25, -0.2) is 4.98 Å². The van der Waals surface area contributed by atoms with Crippen molar-refractivity contribution in [2.75, 3.05) is 5.32 Å². The fourth-order valence-electron chi connectivity index (χ4n) is 1.68. The number of hydrogen-bond donors (Lipinski definition) is 2. The van der Waals surface area contributed by atoms with Crippen LogP contribution >= 0.6 is 0 Å². The largest absolute Gasteiger partial charge is 0.335 e. The molecule has 0 bridgehead atoms. The number of amides is 1. The predicted octanol–water partition coefficient (Wildman–Crippen LogP) is 1.95. The molecular formula is C11H13N5O3. The molecule has 0 radical (unpaired) electrons. The number of anilines is 1. The Morgan fingerprint density at radius 1 is 1.58 bits per heavy atom. The molecule has 0 aliphatic heterocycles. The van der Waals surface area contributed by atoms with E-state index in [1.807, 2.05) is 13.8 Å². The van der Waals surface area contributed by atoms with Crippen LogP contribution in [0.1, 0.15) is 30.4 Å². The smallest absolute Gasteiger partial charge is 0.287 e. The van der Waals surface area contributed by atoms with Crippen LogP contribution in [0.5, 0.6) is 0 Å². The summed E-state index contributed by atoms with van der Waals surface area (Å²) in [5.74, 6) is -0.152. The van der Waals surface area contributed by atoms with E-state index in [9.17, 15) is 14.9 Å². The quantitative estimate of drug-likeness (QED) is 0.649. The fourth-order valence-corrected chi connectivity index (χ4v) is 1.68. The van der Waals surface area contributed by atoms with Crippen molar-refractivity contribution in [1.82, 2.24) is 14.5 Å². The van der Waals surface area contributed by atoms with Gasteiger partial charge in [0, 0.05) is 24.5 Å². The summed E-state index contributed by atoms with van der Waals surface area (Å²) >= 11 is 0. The molecule has 0 spiro atoms. The molecule has 19 heavy (non-hydrogen) atoms. The van der Waals surface area contributed by atoms with E-state index >= 15 is 0 Å². The molecule has 2 aromatic heterocycles. The minimum Gasteiger partial charge on any atom is -0.335 e. The van der Waals surface area contributed by atoms with Gasteiger partial charge < -0.3 is 9.55 Å². The highest BCUT2D eigenvalue weighted by atomic mass is 16.6. The second kappa shape index (κ2) is 4.92. The summed E-state index contributed by atoms with van der Waals surface area (Å²) in [7, 11) is 0. The minimum atomic E-state index is -0.525. The van der Waals surface area contributed by atoms with Crippen LogP contribution in [0, 0.1) is 10.1 Å². The molecule has 0 saturated carbocycles. The van der Waals surface area contributed by atoms with Crippen LogP contribution < -0.4 is 5.32 Å². The predicted molar refractivity (Wildman–Crippen MR) is 68.0 cm³/mol. The third kappa shape index (κ3) is 2.62. The Morgan fingerprint density at radius 3 is 2.84 bits per heavy atom. The number of aromatic nitrogens is 3. The Morgan fingerprint density at radius 2 is 2.32 bits per heavy atom.